The zero-order chi connectivity index (χ0) is 16.7. The van der Waals surface area contributed by atoms with Gasteiger partial charge in [0.2, 0.25) is 0 Å². The summed E-state index contributed by atoms with van der Waals surface area (Å²) in [7, 11) is 0. The van der Waals surface area contributed by atoms with Crippen LogP contribution in [0.3, 0.4) is 0 Å². The number of nitrogens with one attached hydrogen (secondary N) is 1. The number of hydrogen-bond acceptors (Lipinski definition) is 3. The van der Waals surface area contributed by atoms with Crippen LogP contribution in [0.5, 0.6) is 5.75 Å². The highest BCUT2D eigenvalue weighted by Crippen LogP contribution is 2.18. The fourth-order valence-corrected chi connectivity index (χ4v) is 2.03. The van der Waals surface area contributed by atoms with Gasteiger partial charge in [0, 0.05) is 16.8 Å². The third-order valence-electron chi connectivity index (χ3n) is 2.95. The van der Waals surface area contributed by atoms with Crippen LogP contribution >= 0.6 is 11.6 Å². The molecule has 2 rings (SSSR count). The second-order valence-electron chi connectivity index (χ2n) is 4.64. The first-order valence-corrected chi connectivity index (χ1v) is 7.41. The standard InChI is InChI=1S/C18H15ClN2O2/c1-2-23-17-5-3-4-16(11-17)21-18(22)14(12-20)10-13-6-8-15(19)9-7-13/h3-11H,2H2,1H3,(H,21,22). The van der Waals surface area contributed by atoms with Gasteiger partial charge in [-0.2, -0.15) is 5.26 Å². The molecule has 0 radical (unpaired) electrons. The van der Waals surface area contributed by atoms with Gasteiger partial charge in [-0.1, -0.05) is 29.8 Å². The molecule has 0 atom stereocenters. The normalized spacial score (nSPS) is 10.7. The average molecular weight is 327 g/mol. The quantitative estimate of drug-likeness (QED) is 0.658. The molecule has 2 aromatic carbocycles. The minimum Gasteiger partial charge on any atom is -0.494 e. The lowest BCUT2D eigenvalue weighted by Crippen LogP contribution is -2.13. The minimum atomic E-state index is -0.476. The molecule has 0 aromatic heterocycles. The van der Waals surface area contributed by atoms with E-state index in [-0.39, 0.29) is 5.57 Å². The van der Waals surface area contributed by atoms with Crippen LogP contribution in [0.25, 0.3) is 6.08 Å². The molecule has 1 N–H and O–H groups in total. The Morgan fingerprint density at radius 1 is 1.30 bits per heavy atom. The summed E-state index contributed by atoms with van der Waals surface area (Å²) in [6.07, 6.45) is 1.51. The molecule has 0 saturated carbocycles. The van der Waals surface area contributed by atoms with E-state index in [4.69, 9.17) is 16.3 Å². The van der Waals surface area contributed by atoms with E-state index in [0.717, 1.165) is 5.56 Å². The molecule has 0 bridgehead atoms. The molecule has 0 aliphatic heterocycles. The Balaban J connectivity index is 2.16. The van der Waals surface area contributed by atoms with E-state index in [1.807, 2.05) is 13.0 Å². The molecule has 0 saturated heterocycles. The van der Waals surface area contributed by atoms with Gasteiger partial charge in [-0.05, 0) is 42.8 Å². The number of anilines is 1. The molecule has 2 aromatic rings. The Labute approximate surface area is 140 Å². The highest BCUT2D eigenvalue weighted by atomic mass is 35.5. The largest absolute Gasteiger partial charge is 0.494 e. The minimum absolute atomic E-state index is 0.00846. The SMILES string of the molecule is CCOc1cccc(NC(=O)C(C#N)=Cc2ccc(Cl)cc2)c1. The van der Waals surface area contributed by atoms with Crippen LogP contribution in [-0.4, -0.2) is 12.5 Å². The van der Waals surface area contributed by atoms with Crippen molar-refractivity contribution in [3.63, 3.8) is 0 Å². The Morgan fingerprint density at radius 3 is 2.70 bits per heavy atom. The van der Waals surface area contributed by atoms with Gasteiger partial charge >= 0.3 is 0 Å². The van der Waals surface area contributed by atoms with Crippen LogP contribution in [0, 0.1) is 11.3 Å². The van der Waals surface area contributed by atoms with E-state index in [9.17, 15) is 10.1 Å². The lowest BCUT2D eigenvalue weighted by Gasteiger charge is -2.07. The monoisotopic (exact) mass is 326 g/mol. The van der Waals surface area contributed by atoms with Gasteiger partial charge in [0.1, 0.15) is 17.4 Å². The number of hydrogen-bond donors (Lipinski definition) is 1. The third-order valence-corrected chi connectivity index (χ3v) is 3.20. The third kappa shape index (κ3) is 4.87. The van der Waals surface area contributed by atoms with E-state index >= 15 is 0 Å². The summed E-state index contributed by atoms with van der Waals surface area (Å²) < 4.78 is 5.38. The molecule has 0 fully saturated rings. The second-order valence-corrected chi connectivity index (χ2v) is 5.07. The number of halogens is 1. The lowest BCUT2D eigenvalue weighted by molar-refractivity contribution is -0.112. The smallest absolute Gasteiger partial charge is 0.266 e. The summed E-state index contributed by atoms with van der Waals surface area (Å²) in [6.45, 7) is 2.42. The lowest BCUT2D eigenvalue weighted by atomic mass is 10.1. The first-order valence-electron chi connectivity index (χ1n) is 7.04. The number of carbonyl (C=O) groups is 1. The fourth-order valence-electron chi connectivity index (χ4n) is 1.90. The zero-order valence-corrected chi connectivity index (χ0v) is 13.3. The summed E-state index contributed by atoms with van der Waals surface area (Å²) in [5, 5.41) is 12.5. The van der Waals surface area contributed by atoms with E-state index in [1.54, 1.807) is 48.5 Å². The molecule has 116 valence electrons. The molecule has 0 aliphatic rings. The van der Waals surface area contributed by atoms with E-state index in [0.29, 0.717) is 23.1 Å². The van der Waals surface area contributed by atoms with Crippen LogP contribution in [0.2, 0.25) is 5.02 Å². The Kier molecular flexibility index (Phi) is 5.79. The molecule has 1 amide bonds. The Morgan fingerprint density at radius 2 is 2.04 bits per heavy atom. The van der Waals surface area contributed by atoms with Crippen molar-refractivity contribution in [2.75, 3.05) is 11.9 Å². The highest BCUT2D eigenvalue weighted by molar-refractivity contribution is 6.30. The van der Waals surface area contributed by atoms with Crippen LogP contribution in [-0.2, 0) is 4.79 Å². The molecule has 23 heavy (non-hydrogen) atoms. The topological polar surface area (TPSA) is 62.1 Å². The molecular formula is C18H15ClN2O2. The van der Waals surface area contributed by atoms with Crippen molar-refractivity contribution in [2.24, 2.45) is 0 Å². The molecule has 4 nitrogen and oxygen atoms in total. The summed E-state index contributed by atoms with van der Waals surface area (Å²) in [5.74, 6) is 0.182. The van der Waals surface area contributed by atoms with Gasteiger partial charge in [0.25, 0.3) is 5.91 Å². The predicted octanol–water partition coefficient (Wildman–Crippen LogP) is 4.28. The van der Waals surface area contributed by atoms with E-state index in [1.165, 1.54) is 6.08 Å². The van der Waals surface area contributed by atoms with Crippen molar-refractivity contribution in [3.05, 3.63) is 64.7 Å². The average Bonchev–Trinajstić information content (AvgIpc) is 2.55. The van der Waals surface area contributed by atoms with Crippen molar-refractivity contribution >= 4 is 29.3 Å². The van der Waals surface area contributed by atoms with Gasteiger partial charge < -0.3 is 10.1 Å². The first kappa shape index (κ1) is 16.6. The van der Waals surface area contributed by atoms with Crippen LogP contribution in [0.1, 0.15) is 12.5 Å². The summed E-state index contributed by atoms with van der Waals surface area (Å²) in [4.78, 5) is 12.2. The molecule has 0 aliphatic carbocycles. The number of carbonyl (C=O) groups excluding carboxylic acids is 1. The van der Waals surface area contributed by atoms with Crippen molar-refractivity contribution in [1.29, 1.82) is 5.26 Å². The Hall–Kier alpha value is -2.77. The number of amides is 1. The molecule has 5 heteroatoms. The highest BCUT2D eigenvalue weighted by Gasteiger charge is 2.10. The molecule has 0 unspecified atom stereocenters. The molecular weight excluding hydrogens is 312 g/mol. The summed E-state index contributed by atoms with van der Waals surface area (Å²) in [6, 6.07) is 15.8. The van der Waals surface area contributed by atoms with Gasteiger partial charge in [-0.3, -0.25) is 4.79 Å². The maximum atomic E-state index is 12.2. The number of nitrogens with zero attached hydrogens (tertiary/aromatic N) is 1. The van der Waals surface area contributed by atoms with Gasteiger partial charge in [-0.15, -0.1) is 0 Å². The van der Waals surface area contributed by atoms with Crippen LogP contribution in [0.4, 0.5) is 5.69 Å². The summed E-state index contributed by atoms with van der Waals surface area (Å²) >= 11 is 5.82. The van der Waals surface area contributed by atoms with Gasteiger partial charge in [-0.25, -0.2) is 0 Å². The number of benzene rings is 2. The second kappa shape index (κ2) is 8.02. The van der Waals surface area contributed by atoms with Crippen molar-refractivity contribution in [1.82, 2.24) is 0 Å². The molecule has 0 spiro atoms. The van der Waals surface area contributed by atoms with Crippen molar-refractivity contribution in [3.8, 4) is 11.8 Å². The van der Waals surface area contributed by atoms with Crippen molar-refractivity contribution < 1.29 is 9.53 Å². The number of rotatable bonds is 5. The van der Waals surface area contributed by atoms with Crippen molar-refractivity contribution in [2.45, 2.75) is 6.92 Å². The van der Waals surface area contributed by atoms with Gasteiger partial charge in [0.05, 0.1) is 6.61 Å². The predicted molar refractivity (Wildman–Crippen MR) is 91.3 cm³/mol. The summed E-state index contributed by atoms with van der Waals surface area (Å²) in [5.41, 5.74) is 1.30. The van der Waals surface area contributed by atoms with E-state index < -0.39 is 5.91 Å². The zero-order valence-electron chi connectivity index (χ0n) is 12.5. The number of nitriles is 1. The van der Waals surface area contributed by atoms with Crippen LogP contribution in [0.15, 0.2) is 54.1 Å². The first-order chi connectivity index (χ1) is 11.1. The maximum Gasteiger partial charge on any atom is 0.266 e. The fraction of sp³-hybridized carbons (Fsp3) is 0.111. The van der Waals surface area contributed by atoms with Gasteiger partial charge in [0.15, 0.2) is 0 Å². The van der Waals surface area contributed by atoms with E-state index in [2.05, 4.69) is 5.32 Å². The maximum absolute atomic E-state index is 12.2. The Bertz CT molecular complexity index is 761. The number of ether oxygens (including phenoxy) is 1. The molecule has 0 heterocycles. The van der Waals surface area contributed by atoms with Crippen LogP contribution < -0.4 is 10.1 Å².